The molecular weight excluding hydrogens is 524 g/mol. The molecule has 0 aliphatic carbocycles. The van der Waals surface area contributed by atoms with Crippen molar-refractivity contribution in [1.29, 1.82) is 0 Å². The molecule has 0 saturated carbocycles. The third-order valence-electron chi connectivity index (χ3n) is 8.20. The SMILES string of the molecule is CC[C@H](C)[C@H](CO)N1C(=O)[C@@H]2[C@@H](C(=O)NC)[C@@H]3SC2(CC3Br)C1C(=O)NCCN1CCOCC1. The molecule has 192 valence electrons. The molecule has 4 heterocycles. The summed E-state index contributed by atoms with van der Waals surface area (Å²) >= 11 is 5.37. The number of aliphatic hydroxyl groups excluding tert-OH is 1. The molecule has 1 spiro atoms. The molecule has 4 aliphatic heterocycles. The van der Waals surface area contributed by atoms with Crippen LogP contribution in [0.3, 0.4) is 0 Å². The van der Waals surface area contributed by atoms with Crippen molar-refractivity contribution in [2.45, 2.75) is 53.6 Å². The van der Waals surface area contributed by atoms with E-state index in [2.05, 4.69) is 31.5 Å². The maximum atomic E-state index is 14.0. The Kier molecular flexibility index (Phi) is 8.18. The van der Waals surface area contributed by atoms with E-state index in [-0.39, 0.29) is 40.3 Å². The molecule has 4 aliphatic rings. The van der Waals surface area contributed by atoms with Crippen molar-refractivity contribution >= 4 is 45.4 Å². The van der Waals surface area contributed by atoms with Crippen molar-refractivity contribution in [3.63, 3.8) is 0 Å². The van der Waals surface area contributed by atoms with E-state index in [0.29, 0.717) is 26.2 Å². The number of nitrogens with one attached hydrogen (secondary N) is 2. The number of aliphatic hydroxyl groups is 1. The minimum atomic E-state index is -0.717. The highest BCUT2D eigenvalue weighted by atomic mass is 79.9. The van der Waals surface area contributed by atoms with Gasteiger partial charge in [-0.15, -0.1) is 11.8 Å². The van der Waals surface area contributed by atoms with Crippen LogP contribution in [-0.4, -0.2) is 113 Å². The molecule has 3 unspecified atom stereocenters. The average Bonchev–Trinajstić information content (AvgIpc) is 3.43. The second-order valence-corrected chi connectivity index (χ2v) is 12.6. The maximum Gasteiger partial charge on any atom is 0.244 e. The third-order valence-corrected chi connectivity index (χ3v) is 11.4. The average molecular weight is 562 g/mol. The summed E-state index contributed by atoms with van der Waals surface area (Å²) in [6, 6.07) is -1.18. The lowest BCUT2D eigenvalue weighted by atomic mass is 9.70. The molecule has 4 saturated heterocycles. The Morgan fingerprint density at radius 2 is 2.03 bits per heavy atom. The lowest BCUT2D eigenvalue weighted by molar-refractivity contribution is -0.143. The number of nitrogens with zero attached hydrogens (tertiary/aromatic N) is 2. The largest absolute Gasteiger partial charge is 0.394 e. The highest BCUT2D eigenvalue weighted by Gasteiger charge is 2.76. The van der Waals surface area contributed by atoms with Gasteiger partial charge in [-0.3, -0.25) is 19.3 Å². The lowest BCUT2D eigenvalue weighted by Gasteiger charge is -2.39. The van der Waals surface area contributed by atoms with Crippen molar-refractivity contribution in [3.8, 4) is 0 Å². The fourth-order valence-electron chi connectivity index (χ4n) is 6.26. The van der Waals surface area contributed by atoms with Crippen LogP contribution in [0.2, 0.25) is 0 Å². The predicted molar refractivity (Wildman–Crippen MR) is 134 cm³/mol. The number of thioether (sulfide) groups is 1. The fourth-order valence-corrected chi connectivity index (χ4v) is 9.86. The van der Waals surface area contributed by atoms with E-state index in [9.17, 15) is 19.5 Å². The van der Waals surface area contributed by atoms with Gasteiger partial charge in [0.15, 0.2) is 0 Å². The number of morpholine rings is 1. The number of fused-ring (bicyclic) bond motifs is 1. The minimum Gasteiger partial charge on any atom is -0.394 e. The topological polar surface area (TPSA) is 111 Å². The van der Waals surface area contributed by atoms with Gasteiger partial charge in [0.05, 0.1) is 42.4 Å². The van der Waals surface area contributed by atoms with Crippen LogP contribution in [-0.2, 0) is 19.1 Å². The standard InChI is InChI=1S/C23H37BrN4O5S/c1-4-13(2)15(12-29)28-19(21(31)26-5-6-27-7-9-33-10-8-27)23-11-14(24)18(34-23)16(20(30)25-3)17(23)22(28)32/h13-19,29H,4-12H2,1-3H3,(H,25,30)(H,26,31)/t13-,14?,15-,16+,17-,18+,19?,23?/m0/s1. The number of carbonyl (C=O) groups is 3. The molecule has 2 bridgehead atoms. The summed E-state index contributed by atoms with van der Waals surface area (Å²) in [6.45, 7) is 8.09. The van der Waals surface area contributed by atoms with Gasteiger partial charge in [-0.1, -0.05) is 36.2 Å². The lowest BCUT2D eigenvalue weighted by Crippen LogP contribution is -2.58. The second kappa shape index (κ2) is 10.6. The van der Waals surface area contributed by atoms with Gasteiger partial charge in [0.1, 0.15) is 6.04 Å². The highest BCUT2D eigenvalue weighted by Crippen LogP contribution is 2.68. The van der Waals surface area contributed by atoms with Crippen LogP contribution in [0.1, 0.15) is 26.7 Å². The third kappa shape index (κ3) is 4.29. The summed E-state index contributed by atoms with van der Waals surface area (Å²) in [5.41, 5.74) is 0. The smallest absolute Gasteiger partial charge is 0.244 e. The molecule has 0 aromatic rings. The molecule has 0 aromatic heterocycles. The summed E-state index contributed by atoms with van der Waals surface area (Å²) in [5.74, 6) is -1.55. The van der Waals surface area contributed by atoms with Gasteiger partial charge in [0, 0.05) is 43.3 Å². The van der Waals surface area contributed by atoms with Crippen LogP contribution in [0.25, 0.3) is 0 Å². The summed E-state index contributed by atoms with van der Waals surface area (Å²) < 4.78 is 4.71. The summed E-state index contributed by atoms with van der Waals surface area (Å²) in [4.78, 5) is 44.6. The highest BCUT2D eigenvalue weighted by molar-refractivity contribution is 9.09. The monoisotopic (exact) mass is 560 g/mol. The fraction of sp³-hybridized carbons (Fsp3) is 0.870. The number of hydrogen-bond donors (Lipinski definition) is 3. The van der Waals surface area contributed by atoms with Gasteiger partial charge in [-0.2, -0.15) is 0 Å². The van der Waals surface area contributed by atoms with E-state index in [4.69, 9.17) is 4.74 Å². The Hall–Kier alpha value is -0.880. The van der Waals surface area contributed by atoms with Gasteiger partial charge in [0.25, 0.3) is 0 Å². The van der Waals surface area contributed by atoms with E-state index in [1.807, 2.05) is 13.8 Å². The Morgan fingerprint density at radius 1 is 1.32 bits per heavy atom. The number of hydrogen-bond acceptors (Lipinski definition) is 7. The number of alkyl halides is 1. The van der Waals surface area contributed by atoms with E-state index in [0.717, 1.165) is 26.1 Å². The molecule has 9 nitrogen and oxygen atoms in total. The molecular formula is C23H37BrN4O5S. The van der Waals surface area contributed by atoms with Gasteiger partial charge in [-0.05, 0) is 12.3 Å². The number of likely N-dealkylation sites (tertiary alicyclic amines) is 1. The van der Waals surface area contributed by atoms with E-state index in [1.165, 1.54) is 0 Å². The van der Waals surface area contributed by atoms with Gasteiger partial charge in [0.2, 0.25) is 17.7 Å². The zero-order valence-corrected chi connectivity index (χ0v) is 22.6. The van der Waals surface area contributed by atoms with Crippen molar-refractivity contribution in [3.05, 3.63) is 0 Å². The Balaban J connectivity index is 1.63. The van der Waals surface area contributed by atoms with Crippen molar-refractivity contribution in [2.75, 3.05) is 53.0 Å². The van der Waals surface area contributed by atoms with Gasteiger partial charge >= 0.3 is 0 Å². The summed E-state index contributed by atoms with van der Waals surface area (Å²) in [6.07, 6.45) is 1.41. The van der Waals surface area contributed by atoms with Crippen LogP contribution < -0.4 is 10.6 Å². The van der Waals surface area contributed by atoms with E-state index in [1.54, 1.807) is 23.7 Å². The quantitative estimate of drug-likeness (QED) is 0.342. The van der Waals surface area contributed by atoms with Crippen LogP contribution in [0.15, 0.2) is 0 Å². The number of halogens is 1. The molecule has 34 heavy (non-hydrogen) atoms. The maximum absolute atomic E-state index is 14.0. The Bertz CT molecular complexity index is 799. The molecule has 11 heteroatoms. The summed E-state index contributed by atoms with van der Waals surface area (Å²) in [5, 5.41) is 16.1. The normalized spacial score (nSPS) is 36.9. The minimum absolute atomic E-state index is 0.0215. The molecule has 4 rings (SSSR count). The summed E-state index contributed by atoms with van der Waals surface area (Å²) in [7, 11) is 1.59. The van der Waals surface area contributed by atoms with Gasteiger partial charge < -0.3 is 25.4 Å². The molecule has 3 amide bonds. The first-order valence-corrected chi connectivity index (χ1v) is 14.1. The first-order chi connectivity index (χ1) is 16.3. The number of amides is 3. The van der Waals surface area contributed by atoms with Crippen LogP contribution in [0.5, 0.6) is 0 Å². The van der Waals surface area contributed by atoms with E-state index >= 15 is 0 Å². The van der Waals surface area contributed by atoms with Gasteiger partial charge in [-0.25, -0.2) is 0 Å². The van der Waals surface area contributed by atoms with Crippen molar-refractivity contribution in [2.24, 2.45) is 17.8 Å². The molecule has 0 aromatic carbocycles. The Morgan fingerprint density at radius 3 is 2.65 bits per heavy atom. The first-order valence-electron chi connectivity index (χ1n) is 12.3. The van der Waals surface area contributed by atoms with Crippen LogP contribution in [0.4, 0.5) is 0 Å². The van der Waals surface area contributed by atoms with Crippen molar-refractivity contribution < 1.29 is 24.2 Å². The predicted octanol–water partition coefficient (Wildman–Crippen LogP) is 0.0524. The molecule has 8 atom stereocenters. The zero-order chi connectivity index (χ0) is 24.6. The second-order valence-electron chi connectivity index (χ2n) is 9.90. The zero-order valence-electron chi connectivity index (χ0n) is 20.2. The number of carbonyl (C=O) groups excluding carboxylic acids is 3. The molecule has 0 radical (unpaired) electrons. The first kappa shape index (κ1) is 26.2. The number of rotatable bonds is 9. The van der Waals surface area contributed by atoms with Crippen molar-refractivity contribution in [1.82, 2.24) is 20.4 Å². The van der Waals surface area contributed by atoms with E-state index < -0.39 is 28.7 Å². The van der Waals surface area contributed by atoms with Crippen LogP contribution >= 0.6 is 27.7 Å². The van der Waals surface area contributed by atoms with Crippen LogP contribution in [0, 0.1) is 17.8 Å². The Labute approximate surface area is 214 Å². The molecule has 4 fully saturated rings. The number of ether oxygens (including phenoxy) is 1. The molecule has 3 N–H and O–H groups in total.